The summed E-state index contributed by atoms with van der Waals surface area (Å²) in [5, 5.41) is 0.961. The van der Waals surface area contributed by atoms with Gasteiger partial charge in [-0.05, 0) is 36.2 Å². The van der Waals surface area contributed by atoms with Gasteiger partial charge in [0, 0.05) is 55.5 Å². The second-order valence-electron chi connectivity index (χ2n) is 8.42. The number of furan rings is 1. The van der Waals surface area contributed by atoms with Crippen LogP contribution >= 0.6 is 0 Å². The Bertz CT molecular complexity index is 1060. The molecule has 2 aliphatic heterocycles. The number of amides is 2. The molecule has 0 saturated carbocycles. The van der Waals surface area contributed by atoms with E-state index in [0.717, 1.165) is 42.7 Å². The number of aryl methyl sites for hydroxylation is 1. The highest BCUT2D eigenvalue weighted by Gasteiger charge is 2.42. The Kier molecular flexibility index (Phi) is 4.69. The molecule has 3 aromatic rings. The zero-order valence-electron chi connectivity index (χ0n) is 16.8. The number of benzene rings is 2. The van der Waals surface area contributed by atoms with Crippen LogP contribution in [0.1, 0.15) is 22.5 Å². The van der Waals surface area contributed by atoms with E-state index in [4.69, 9.17) is 10.2 Å². The number of fused-ring (bicyclic) bond motifs is 2. The summed E-state index contributed by atoms with van der Waals surface area (Å²) in [7, 11) is 0. The maximum atomic E-state index is 13.0. The van der Waals surface area contributed by atoms with Crippen LogP contribution in [-0.2, 0) is 11.2 Å². The summed E-state index contributed by atoms with van der Waals surface area (Å²) < 4.78 is 5.77. The van der Waals surface area contributed by atoms with Gasteiger partial charge in [0.1, 0.15) is 5.58 Å². The standard InChI is InChI=1S/C24H25N3O3/c25-23(28)9-8-16-4-3-6-20(10-16)26-12-18-14-27(15-19(18)13-26)24(29)22-11-17-5-1-2-7-21(17)30-22/h1-7,10-11,18-19H,8-9,12-15H2,(H2,25,28). The molecule has 2 fully saturated rings. The monoisotopic (exact) mass is 403 g/mol. The summed E-state index contributed by atoms with van der Waals surface area (Å²) in [5.74, 6) is 1.07. The summed E-state index contributed by atoms with van der Waals surface area (Å²) in [5.41, 5.74) is 8.34. The fourth-order valence-electron chi connectivity index (χ4n) is 4.79. The Morgan fingerprint density at radius 2 is 1.73 bits per heavy atom. The van der Waals surface area contributed by atoms with E-state index in [1.807, 2.05) is 47.4 Å². The van der Waals surface area contributed by atoms with Crippen LogP contribution in [0, 0.1) is 11.8 Å². The average molecular weight is 403 g/mol. The highest BCUT2D eigenvalue weighted by molar-refractivity contribution is 5.96. The highest BCUT2D eigenvalue weighted by Crippen LogP contribution is 2.35. The van der Waals surface area contributed by atoms with Gasteiger partial charge >= 0.3 is 0 Å². The van der Waals surface area contributed by atoms with E-state index in [1.165, 1.54) is 5.69 Å². The molecule has 2 unspecified atom stereocenters. The Morgan fingerprint density at radius 3 is 2.47 bits per heavy atom. The number of hydrogen-bond donors (Lipinski definition) is 1. The van der Waals surface area contributed by atoms with Crippen LogP contribution in [0.4, 0.5) is 5.69 Å². The number of nitrogens with zero attached hydrogens (tertiary/aromatic N) is 2. The first-order valence-corrected chi connectivity index (χ1v) is 10.5. The van der Waals surface area contributed by atoms with E-state index in [0.29, 0.717) is 30.4 Å². The third-order valence-corrected chi connectivity index (χ3v) is 6.35. The topological polar surface area (TPSA) is 79.8 Å². The molecular formula is C24H25N3O3. The molecule has 3 heterocycles. The smallest absolute Gasteiger partial charge is 0.289 e. The van der Waals surface area contributed by atoms with Gasteiger partial charge in [0.15, 0.2) is 5.76 Å². The Balaban J connectivity index is 1.23. The fourth-order valence-corrected chi connectivity index (χ4v) is 4.79. The number of likely N-dealkylation sites (tertiary alicyclic amines) is 1. The Morgan fingerprint density at radius 1 is 0.967 bits per heavy atom. The van der Waals surface area contributed by atoms with E-state index >= 15 is 0 Å². The molecule has 30 heavy (non-hydrogen) atoms. The van der Waals surface area contributed by atoms with Gasteiger partial charge in [0.2, 0.25) is 5.91 Å². The van der Waals surface area contributed by atoms with E-state index in [2.05, 4.69) is 17.0 Å². The summed E-state index contributed by atoms with van der Waals surface area (Å²) in [6, 6.07) is 17.9. The molecule has 0 spiro atoms. The van der Waals surface area contributed by atoms with Gasteiger partial charge in [-0.3, -0.25) is 9.59 Å². The van der Waals surface area contributed by atoms with Crippen LogP contribution in [0.2, 0.25) is 0 Å². The molecule has 2 aromatic carbocycles. The second-order valence-corrected chi connectivity index (χ2v) is 8.42. The predicted octanol–water partition coefficient (Wildman–Crippen LogP) is 3.06. The molecule has 1 aromatic heterocycles. The quantitative estimate of drug-likeness (QED) is 0.710. The van der Waals surface area contributed by atoms with Crippen molar-refractivity contribution < 1.29 is 14.0 Å². The molecule has 2 aliphatic rings. The molecule has 2 N–H and O–H groups in total. The molecule has 0 radical (unpaired) electrons. The summed E-state index contributed by atoms with van der Waals surface area (Å²) in [6.45, 7) is 3.40. The Hall–Kier alpha value is -3.28. The van der Waals surface area contributed by atoms with Crippen molar-refractivity contribution >= 4 is 28.5 Å². The van der Waals surface area contributed by atoms with Crippen molar-refractivity contribution in [2.45, 2.75) is 12.8 Å². The molecule has 0 aliphatic carbocycles. The zero-order valence-corrected chi connectivity index (χ0v) is 16.8. The van der Waals surface area contributed by atoms with Gasteiger partial charge in [-0.2, -0.15) is 0 Å². The number of primary amides is 1. The van der Waals surface area contributed by atoms with Crippen molar-refractivity contribution in [3.63, 3.8) is 0 Å². The van der Waals surface area contributed by atoms with E-state index in [1.54, 1.807) is 0 Å². The lowest BCUT2D eigenvalue weighted by atomic mass is 10.0. The van der Waals surface area contributed by atoms with Crippen LogP contribution in [0.25, 0.3) is 11.0 Å². The zero-order chi connectivity index (χ0) is 20.7. The third kappa shape index (κ3) is 3.54. The number of carbonyl (C=O) groups excluding carboxylic acids is 2. The molecule has 6 nitrogen and oxygen atoms in total. The van der Waals surface area contributed by atoms with Crippen molar-refractivity contribution in [2.24, 2.45) is 17.6 Å². The van der Waals surface area contributed by atoms with Gasteiger partial charge in [-0.1, -0.05) is 30.3 Å². The molecule has 154 valence electrons. The molecule has 0 bridgehead atoms. The lowest BCUT2D eigenvalue weighted by molar-refractivity contribution is -0.117. The number of hydrogen-bond acceptors (Lipinski definition) is 4. The van der Waals surface area contributed by atoms with Crippen LogP contribution in [0.5, 0.6) is 0 Å². The molecular weight excluding hydrogens is 378 g/mol. The largest absolute Gasteiger partial charge is 0.451 e. The fraction of sp³-hybridized carbons (Fsp3) is 0.333. The predicted molar refractivity (Wildman–Crippen MR) is 115 cm³/mol. The van der Waals surface area contributed by atoms with Crippen molar-refractivity contribution in [3.05, 3.63) is 65.9 Å². The van der Waals surface area contributed by atoms with Crippen molar-refractivity contribution in [2.75, 3.05) is 31.1 Å². The third-order valence-electron chi connectivity index (χ3n) is 6.35. The molecule has 5 rings (SSSR count). The van der Waals surface area contributed by atoms with E-state index < -0.39 is 0 Å². The lowest BCUT2D eigenvalue weighted by Crippen LogP contribution is -2.33. The van der Waals surface area contributed by atoms with Crippen LogP contribution in [-0.4, -0.2) is 42.9 Å². The van der Waals surface area contributed by atoms with Crippen molar-refractivity contribution in [1.29, 1.82) is 0 Å². The van der Waals surface area contributed by atoms with Crippen LogP contribution < -0.4 is 10.6 Å². The Labute approximate surface area is 175 Å². The number of anilines is 1. The van der Waals surface area contributed by atoms with Crippen molar-refractivity contribution in [1.82, 2.24) is 4.90 Å². The average Bonchev–Trinajstić information content (AvgIpc) is 3.44. The SMILES string of the molecule is NC(=O)CCc1cccc(N2CC3CN(C(=O)c4cc5ccccc5o4)CC3C2)c1. The second kappa shape index (κ2) is 7.52. The molecule has 2 saturated heterocycles. The minimum absolute atomic E-state index is 0.0133. The molecule has 2 amide bonds. The first kappa shape index (κ1) is 18.7. The maximum Gasteiger partial charge on any atom is 0.289 e. The summed E-state index contributed by atoms with van der Waals surface area (Å²) >= 11 is 0. The minimum atomic E-state index is -0.273. The number of para-hydroxylation sites is 1. The van der Waals surface area contributed by atoms with Gasteiger partial charge < -0.3 is 20.0 Å². The van der Waals surface area contributed by atoms with Gasteiger partial charge in [0.25, 0.3) is 5.91 Å². The number of rotatable bonds is 5. The first-order valence-electron chi connectivity index (χ1n) is 10.5. The van der Waals surface area contributed by atoms with Crippen LogP contribution in [0.3, 0.4) is 0 Å². The van der Waals surface area contributed by atoms with E-state index in [-0.39, 0.29) is 11.8 Å². The van der Waals surface area contributed by atoms with Gasteiger partial charge in [-0.25, -0.2) is 0 Å². The minimum Gasteiger partial charge on any atom is -0.451 e. The lowest BCUT2D eigenvalue weighted by Gasteiger charge is -2.23. The highest BCUT2D eigenvalue weighted by atomic mass is 16.3. The van der Waals surface area contributed by atoms with E-state index in [9.17, 15) is 9.59 Å². The molecule has 2 atom stereocenters. The van der Waals surface area contributed by atoms with Crippen LogP contribution in [0.15, 0.2) is 59.0 Å². The van der Waals surface area contributed by atoms with Crippen molar-refractivity contribution in [3.8, 4) is 0 Å². The van der Waals surface area contributed by atoms with Gasteiger partial charge in [0.05, 0.1) is 0 Å². The number of nitrogens with two attached hydrogens (primary N) is 1. The number of carbonyl (C=O) groups is 2. The maximum absolute atomic E-state index is 13.0. The molecule has 6 heteroatoms. The summed E-state index contributed by atoms with van der Waals surface area (Å²) in [4.78, 5) is 28.3. The summed E-state index contributed by atoms with van der Waals surface area (Å²) in [6.07, 6.45) is 1.04. The first-order chi connectivity index (χ1) is 14.6. The van der Waals surface area contributed by atoms with Gasteiger partial charge in [-0.15, -0.1) is 0 Å². The normalized spacial score (nSPS) is 20.7.